The summed E-state index contributed by atoms with van der Waals surface area (Å²) in [5.74, 6) is -0.461. The molecule has 0 aliphatic heterocycles. The number of nitrogens with zero attached hydrogens (tertiary/aromatic N) is 1. The molecule has 76 valence electrons. The molecule has 0 radical (unpaired) electrons. The molecule has 0 atom stereocenters. The van der Waals surface area contributed by atoms with Crippen molar-refractivity contribution in [2.45, 2.75) is 20.0 Å². The molecule has 0 saturated heterocycles. The Morgan fingerprint density at radius 3 is 2.79 bits per heavy atom. The van der Waals surface area contributed by atoms with Crippen molar-refractivity contribution in [3.8, 4) is 0 Å². The molecule has 0 unspecified atom stereocenters. The number of carbonyl (C=O) groups excluding carboxylic acids is 1. The molecule has 0 aliphatic carbocycles. The molecule has 1 rings (SSSR count). The highest BCUT2D eigenvalue weighted by molar-refractivity contribution is 9.10. The molecule has 14 heavy (non-hydrogen) atoms. The van der Waals surface area contributed by atoms with Gasteiger partial charge in [0.1, 0.15) is 10.2 Å². The molecule has 4 nitrogen and oxygen atoms in total. The van der Waals surface area contributed by atoms with Crippen molar-refractivity contribution < 1.29 is 9.53 Å². The van der Waals surface area contributed by atoms with E-state index in [0.717, 1.165) is 0 Å². The minimum Gasteiger partial charge on any atom is -0.459 e. The van der Waals surface area contributed by atoms with Gasteiger partial charge in [-0.1, -0.05) is 0 Å². The van der Waals surface area contributed by atoms with Gasteiger partial charge in [0, 0.05) is 6.20 Å². The number of pyridine rings is 1. The van der Waals surface area contributed by atoms with E-state index in [4.69, 9.17) is 10.5 Å². The number of esters is 1. The molecule has 0 fully saturated rings. The lowest BCUT2D eigenvalue weighted by atomic mass is 10.2. The molecule has 0 aliphatic rings. The number of halogens is 1. The Balaban J connectivity index is 3.00. The second-order valence-electron chi connectivity index (χ2n) is 3.02. The molecule has 0 aromatic carbocycles. The monoisotopic (exact) mass is 258 g/mol. The molecular formula is C9H11BrN2O2. The Morgan fingerprint density at radius 1 is 1.64 bits per heavy atom. The van der Waals surface area contributed by atoms with Crippen LogP contribution in [0.2, 0.25) is 0 Å². The second kappa shape index (κ2) is 4.41. The average Bonchev–Trinajstić information content (AvgIpc) is 2.01. The third kappa shape index (κ3) is 2.45. The maximum atomic E-state index is 11.5. The second-order valence-corrected chi connectivity index (χ2v) is 3.77. The SMILES string of the molecule is CC(C)OC(=O)c1c(N)ccnc1Br. The van der Waals surface area contributed by atoms with Crippen LogP contribution in [0, 0.1) is 0 Å². The van der Waals surface area contributed by atoms with Crippen LogP contribution in [0.1, 0.15) is 24.2 Å². The van der Waals surface area contributed by atoms with Crippen LogP contribution >= 0.6 is 15.9 Å². The lowest BCUT2D eigenvalue weighted by Crippen LogP contribution is -2.14. The summed E-state index contributed by atoms with van der Waals surface area (Å²) in [6.07, 6.45) is 1.35. The molecule has 1 heterocycles. The molecular weight excluding hydrogens is 248 g/mol. The summed E-state index contributed by atoms with van der Waals surface area (Å²) in [5, 5.41) is 0. The number of rotatable bonds is 2. The zero-order valence-electron chi connectivity index (χ0n) is 7.95. The van der Waals surface area contributed by atoms with E-state index < -0.39 is 5.97 Å². The standard InChI is InChI=1S/C9H11BrN2O2/c1-5(2)14-9(13)7-6(11)3-4-12-8(7)10/h3-5H,1-2H3,(H2,11,12). The fourth-order valence-corrected chi connectivity index (χ4v) is 1.43. The third-order valence-corrected chi connectivity index (χ3v) is 2.09. The summed E-state index contributed by atoms with van der Waals surface area (Å²) in [4.78, 5) is 15.4. The van der Waals surface area contributed by atoms with Gasteiger partial charge in [0.25, 0.3) is 0 Å². The molecule has 1 aromatic rings. The topological polar surface area (TPSA) is 65.2 Å². The van der Waals surface area contributed by atoms with Gasteiger partial charge in [-0.2, -0.15) is 0 Å². The quantitative estimate of drug-likeness (QED) is 0.651. The minimum atomic E-state index is -0.461. The summed E-state index contributed by atoms with van der Waals surface area (Å²) in [5.41, 5.74) is 6.26. The van der Waals surface area contributed by atoms with E-state index in [-0.39, 0.29) is 11.7 Å². The summed E-state index contributed by atoms with van der Waals surface area (Å²) in [6.45, 7) is 3.55. The highest BCUT2D eigenvalue weighted by Gasteiger charge is 2.16. The fourth-order valence-electron chi connectivity index (χ4n) is 0.925. The van der Waals surface area contributed by atoms with E-state index in [2.05, 4.69) is 20.9 Å². The normalized spacial score (nSPS) is 10.3. The molecule has 0 spiro atoms. The van der Waals surface area contributed by atoms with E-state index >= 15 is 0 Å². The lowest BCUT2D eigenvalue weighted by molar-refractivity contribution is 0.0377. The van der Waals surface area contributed by atoms with Gasteiger partial charge in [-0.3, -0.25) is 0 Å². The summed E-state index contributed by atoms with van der Waals surface area (Å²) in [7, 11) is 0. The highest BCUT2D eigenvalue weighted by atomic mass is 79.9. The predicted octanol–water partition coefficient (Wildman–Crippen LogP) is 1.99. The van der Waals surface area contributed by atoms with Crippen LogP contribution in [-0.2, 0) is 4.74 Å². The van der Waals surface area contributed by atoms with E-state index in [1.165, 1.54) is 6.20 Å². The molecule has 0 amide bonds. The zero-order valence-corrected chi connectivity index (χ0v) is 9.54. The maximum absolute atomic E-state index is 11.5. The van der Waals surface area contributed by atoms with Crippen molar-refractivity contribution in [2.75, 3.05) is 5.73 Å². The van der Waals surface area contributed by atoms with Crippen molar-refractivity contribution in [3.63, 3.8) is 0 Å². The number of aromatic nitrogens is 1. The van der Waals surface area contributed by atoms with Crippen LogP contribution in [0.25, 0.3) is 0 Å². The Kier molecular flexibility index (Phi) is 3.46. The van der Waals surface area contributed by atoms with Gasteiger partial charge in [0.2, 0.25) is 0 Å². The van der Waals surface area contributed by atoms with Crippen LogP contribution in [-0.4, -0.2) is 17.1 Å². The number of nitrogen functional groups attached to an aromatic ring is 1. The van der Waals surface area contributed by atoms with Gasteiger partial charge in [-0.15, -0.1) is 0 Å². The first-order valence-corrected chi connectivity index (χ1v) is 4.92. The predicted molar refractivity (Wildman–Crippen MR) is 56.9 cm³/mol. The molecule has 2 N–H and O–H groups in total. The Bertz CT molecular complexity index is 332. The summed E-state index contributed by atoms with van der Waals surface area (Å²) in [6, 6.07) is 1.56. The van der Waals surface area contributed by atoms with Crippen molar-refractivity contribution >= 4 is 27.6 Å². The summed E-state index contributed by atoms with van der Waals surface area (Å²) >= 11 is 3.15. The largest absolute Gasteiger partial charge is 0.459 e. The first-order valence-electron chi connectivity index (χ1n) is 4.13. The Hall–Kier alpha value is -1.10. The van der Waals surface area contributed by atoms with Crippen LogP contribution in [0.15, 0.2) is 16.9 Å². The number of carbonyl (C=O) groups is 1. The number of nitrogens with two attached hydrogens (primary N) is 1. The third-order valence-electron chi connectivity index (χ3n) is 1.48. The van der Waals surface area contributed by atoms with Crippen molar-refractivity contribution in [1.82, 2.24) is 4.98 Å². The fraction of sp³-hybridized carbons (Fsp3) is 0.333. The van der Waals surface area contributed by atoms with Gasteiger partial charge >= 0.3 is 5.97 Å². The maximum Gasteiger partial charge on any atom is 0.343 e. The average molecular weight is 259 g/mol. The smallest absolute Gasteiger partial charge is 0.343 e. The van der Waals surface area contributed by atoms with Crippen molar-refractivity contribution in [2.24, 2.45) is 0 Å². The first kappa shape index (κ1) is 11.0. The number of ether oxygens (including phenoxy) is 1. The van der Waals surface area contributed by atoms with Gasteiger partial charge in [-0.05, 0) is 35.8 Å². The molecule has 1 aromatic heterocycles. The van der Waals surface area contributed by atoms with E-state index in [1.54, 1.807) is 19.9 Å². The molecule has 0 bridgehead atoms. The molecule has 5 heteroatoms. The van der Waals surface area contributed by atoms with Crippen LogP contribution in [0.4, 0.5) is 5.69 Å². The van der Waals surface area contributed by atoms with E-state index in [1.807, 2.05) is 0 Å². The van der Waals surface area contributed by atoms with Crippen molar-refractivity contribution in [1.29, 1.82) is 0 Å². The minimum absolute atomic E-state index is 0.172. The Labute approximate surface area is 90.6 Å². The van der Waals surface area contributed by atoms with Gasteiger partial charge < -0.3 is 10.5 Å². The van der Waals surface area contributed by atoms with Gasteiger partial charge in [0.15, 0.2) is 0 Å². The van der Waals surface area contributed by atoms with Crippen LogP contribution in [0.3, 0.4) is 0 Å². The van der Waals surface area contributed by atoms with Crippen LogP contribution < -0.4 is 5.73 Å². The van der Waals surface area contributed by atoms with Gasteiger partial charge in [-0.25, -0.2) is 9.78 Å². The molecule has 0 saturated carbocycles. The number of hydrogen-bond donors (Lipinski definition) is 1. The highest BCUT2D eigenvalue weighted by Crippen LogP contribution is 2.21. The summed E-state index contributed by atoms with van der Waals surface area (Å²) < 4.78 is 5.41. The van der Waals surface area contributed by atoms with Crippen molar-refractivity contribution in [3.05, 3.63) is 22.4 Å². The number of anilines is 1. The van der Waals surface area contributed by atoms with E-state index in [9.17, 15) is 4.79 Å². The first-order chi connectivity index (χ1) is 6.52. The van der Waals surface area contributed by atoms with E-state index in [0.29, 0.717) is 10.3 Å². The zero-order chi connectivity index (χ0) is 10.7. The van der Waals surface area contributed by atoms with Gasteiger partial charge in [0.05, 0.1) is 11.8 Å². The Morgan fingerprint density at radius 2 is 2.29 bits per heavy atom. The number of hydrogen-bond acceptors (Lipinski definition) is 4. The lowest BCUT2D eigenvalue weighted by Gasteiger charge is -2.10. The van der Waals surface area contributed by atoms with Crippen LogP contribution in [0.5, 0.6) is 0 Å².